The first-order chi connectivity index (χ1) is 13.0. The molecule has 3 rings (SSSR count). The Morgan fingerprint density at radius 1 is 1.37 bits per heavy atom. The van der Waals surface area contributed by atoms with Gasteiger partial charge in [-0.2, -0.15) is 0 Å². The van der Waals surface area contributed by atoms with Crippen molar-refractivity contribution in [3.05, 3.63) is 41.2 Å². The number of aromatic nitrogens is 2. The first-order valence-electron chi connectivity index (χ1n) is 9.18. The Bertz CT molecular complexity index is 823. The minimum Gasteiger partial charge on any atom is -0.497 e. The fourth-order valence-corrected chi connectivity index (χ4v) is 3.01. The first kappa shape index (κ1) is 18.9. The topological polar surface area (TPSA) is 90.6 Å². The van der Waals surface area contributed by atoms with Crippen LogP contribution in [-0.2, 0) is 13.0 Å². The number of ether oxygens (including phenoxy) is 2. The molecule has 0 atom stereocenters. The molecule has 2 N–H and O–H groups in total. The van der Waals surface area contributed by atoms with E-state index in [-0.39, 0.29) is 11.9 Å². The maximum Gasteiger partial charge on any atom is 0.257 e. The molecule has 0 unspecified atom stereocenters. The maximum atomic E-state index is 13.1. The molecule has 0 aliphatic carbocycles. The summed E-state index contributed by atoms with van der Waals surface area (Å²) in [5.74, 6) is 1.95. The van der Waals surface area contributed by atoms with E-state index in [2.05, 4.69) is 23.8 Å². The Hall–Kier alpha value is -2.83. The zero-order valence-corrected chi connectivity index (χ0v) is 16.1. The number of hydrogen-bond acceptors (Lipinski definition) is 6. The van der Waals surface area contributed by atoms with Gasteiger partial charge < -0.3 is 20.1 Å². The van der Waals surface area contributed by atoms with E-state index in [1.54, 1.807) is 36.4 Å². The van der Waals surface area contributed by atoms with Crippen LogP contribution < -0.4 is 15.2 Å². The van der Waals surface area contributed by atoms with Crippen LogP contribution in [0.15, 0.2) is 24.4 Å². The number of anilines is 1. The Balaban J connectivity index is 1.80. The van der Waals surface area contributed by atoms with Gasteiger partial charge in [0.2, 0.25) is 5.95 Å². The third kappa shape index (κ3) is 4.48. The molecule has 1 amide bonds. The average Bonchev–Trinajstić information content (AvgIpc) is 2.66. The summed E-state index contributed by atoms with van der Waals surface area (Å²) in [5.41, 5.74) is 8.03. The summed E-state index contributed by atoms with van der Waals surface area (Å²) in [4.78, 5) is 23.2. The molecular formula is C20H26N4O3. The summed E-state index contributed by atoms with van der Waals surface area (Å²) in [6.07, 6.45) is 3.28. The highest BCUT2D eigenvalue weighted by Gasteiger charge is 2.25. The van der Waals surface area contributed by atoms with Crippen LogP contribution in [0.3, 0.4) is 0 Å². The van der Waals surface area contributed by atoms with Crippen molar-refractivity contribution in [3.63, 3.8) is 0 Å². The van der Waals surface area contributed by atoms with E-state index < -0.39 is 0 Å². The summed E-state index contributed by atoms with van der Waals surface area (Å²) in [6.45, 7) is 5.88. The van der Waals surface area contributed by atoms with Crippen LogP contribution in [0, 0.1) is 5.92 Å². The van der Waals surface area contributed by atoms with Gasteiger partial charge in [0.05, 0.1) is 25.0 Å². The second kappa shape index (κ2) is 8.24. The summed E-state index contributed by atoms with van der Waals surface area (Å²) in [7, 11) is 1.60. The molecule has 144 valence electrons. The van der Waals surface area contributed by atoms with Crippen LogP contribution >= 0.6 is 0 Å². The molecular weight excluding hydrogens is 344 g/mol. The van der Waals surface area contributed by atoms with Crippen LogP contribution in [0.4, 0.5) is 5.95 Å². The van der Waals surface area contributed by atoms with Gasteiger partial charge in [0.1, 0.15) is 11.5 Å². The van der Waals surface area contributed by atoms with E-state index in [1.165, 1.54) is 0 Å². The Labute approximate surface area is 159 Å². The molecule has 1 aliphatic rings. The SMILES string of the molecule is COc1ccc(C(=O)N2CCc3nc(N)ncc3C2)c(OCCC(C)C)c1. The number of nitrogen functional groups attached to an aromatic ring is 1. The lowest BCUT2D eigenvalue weighted by atomic mass is 10.1. The molecule has 0 saturated carbocycles. The first-order valence-corrected chi connectivity index (χ1v) is 9.18. The molecule has 27 heavy (non-hydrogen) atoms. The molecule has 1 aromatic carbocycles. The van der Waals surface area contributed by atoms with Crippen LogP contribution in [0.1, 0.15) is 41.9 Å². The summed E-state index contributed by atoms with van der Waals surface area (Å²) < 4.78 is 11.2. The van der Waals surface area contributed by atoms with Crippen LogP contribution in [0.25, 0.3) is 0 Å². The standard InChI is InChI=1S/C20H26N4O3/c1-13(2)7-9-27-18-10-15(26-3)4-5-16(18)19(25)24-8-6-17-14(12-24)11-22-20(21)23-17/h4-5,10-11,13H,6-9,12H2,1-3H3,(H2,21,22,23). The Kier molecular flexibility index (Phi) is 5.78. The molecule has 2 aromatic rings. The predicted octanol–water partition coefficient (Wildman–Crippen LogP) is 2.69. The molecule has 0 saturated heterocycles. The van der Waals surface area contributed by atoms with E-state index in [0.29, 0.717) is 49.1 Å². The highest BCUT2D eigenvalue weighted by Crippen LogP contribution is 2.28. The van der Waals surface area contributed by atoms with Gasteiger partial charge in [-0.1, -0.05) is 13.8 Å². The fourth-order valence-electron chi connectivity index (χ4n) is 3.01. The third-order valence-corrected chi connectivity index (χ3v) is 4.61. The van der Waals surface area contributed by atoms with E-state index in [9.17, 15) is 4.79 Å². The van der Waals surface area contributed by atoms with Gasteiger partial charge in [0.25, 0.3) is 5.91 Å². The Morgan fingerprint density at radius 3 is 2.93 bits per heavy atom. The molecule has 0 bridgehead atoms. The molecule has 7 heteroatoms. The van der Waals surface area contributed by atoms with Crippen molar-refractivity contribution in [3.8, 4) is 11.5 Å². The van der Waals surface area contributed by atoms with Gasteiger partial charge in [-0.25, -0.2) is 9.97 Å². The Morgan fingerprint density at radius 2 is 2.19 bits per heavy atom. The van der Waals surface area contributed by atoms with Crippen LogP contribution in [-0.4, -0.2) is 41.0 Å². The molecule has 2 heterocycles. The van der Waals surface area contributed by atoms with Crippen molar-refractivity contribution in [2.45, 2.75) is 33.2 Å². The minimum absolute atomic E-state index is 0.0697. The van der Waals surface area contributed by atoms with Gasteiger partial charge in [-0.05, 0) is 24.5 Å². The number of hydrogen-bond donors (Lipinski definition) is 1. The van der Waals surface area contributed by atoms with Crippen molar-refractivity contribution in [2.75, 3.05) is 26.0 Å². The summed E-state index contributed by atoms with van der Waals surface area (Å²) in [5, 5.41) is 0. The number of benzene rings is 1. The highest BCUT2D eigenvalue weighted by atomic mass is 16.5. The quantitative estimate of drug-likeness (QED) is 0.841. The van der Waals surface area contributed by atoms with Gasteiger partial charge in [0, 0.05) is 37.3 Å². The number of fused-ring (bicyclic) bond motifs is 1. The maximum absolute atomic E-state index is 13.1. The number of amides is 1. The lowest BCUT2D eigenvalue weighted by Crippen LogP contribution is -2.36. The van der Waals surface area contributed by atoms with Gasteiger partial charge in [0.15, 0.2) is 0 Å². The highest BCUT2D eigenvalue weighted by molar-refractivity contribution is 5.97. The van der Waals surface area contributed by atoms with E-state index in [1.807, 2.05) is 0 Å². The predicted molar refractivity (Wildman–Crippen MR) is 103 cm³/mol. The normalized spacial score (nSPS) is 13.4. The number of nitrogens with two attached hydrogens (primary N) is 1. The molecule has 1 aromatic heterocycles. The van der Waals surface area contributed by atoms with Gasteiger partial charge in [-0.3, -0.25) is 4.79 Å². The van der Waals surface area contributed by atoms with E-state index in [0.717, 1.165) is 17.7 Å². The minimum atomic E-state index is -0.0697. The van der Waals surface area contributed by atoms with Crippen LogP contribution in [0.5, 0.6) is 11.5 Å². The molecule has 7 nitrogen and oxygen atoms in total. The third-order valence-electron chi connectivity index (χ3n) is 4.61. The van der Waals surface area contributed by atoms with Gasteiger partial charge >= 0.3 is 0 Å². The second-order valence-corrected chi connectivity index (χ2v) is 7.07. The zero-order valence-electron chi connectivity index (χ0n) is 16.1. The number of rotatable bonds is 6. The van der Waals surface area contributed by atoms with Crippen molar-refractivity contribution in [1.82, 2.24) is 14.9 Å². The fraction of sp³-hybridized carbons (Fsp3) is 0.450. The lowest BCUT2D eigenvalue weighted by Gasteiger charge is -2.28. The molecule has 0 fully saturated rings. The monoisotopic (exact) mass is 370 g/mol. The van der Waals surface area contributed by atoms with Crippen molar-refractivity contribution in [1.29, 1.82) is 0 Å². The van der Waals surface area contributed by atoms with Crippen molar-refractivity contribution < 1.29 is 14.3 Å². The summed E-state index contributed by atoms with van der Waals surface area (Å²) in [6, 6.07) is 5.32. The van der Waals surface area contributed by atoms with Gasteiger partial charge in [-0.15, -0.1) is 0 Å². The van der Waals surface area contributed by atoms with E-state index >= 15 is 0 Å². The van der Waals surface area contributed by atoms with E-state index in [4.69, 9.17) is 15.2 Å². The molecule has 0 radical (unpaired) electrons. The van der Waals surface area contributed by atoms with Crippen molar-refractivity contribution >= 4 is 11.9 Å². The number of nitrogens with zero attached hydrogens (tertiary/aromatic N) is 3. The lowest BCUT2D eigenvalue weighted by molar-refractivity contribution is 0.0728. The van der Waals surface area contributed by atoms with Crippen molar-refractivity contribution in [2.24, 2.45) is 5.92 Å². The zero-order chi connectivity index (χ0) is 19.4. The summed E-state index contributed by atoms with van der Waals surface area (Å²) >= 11 is 0. The number of carbonyl (C=O) groups excluding carboxylic acids is 1. The smallest absolute Gasteiger partial charge is 0.257 e. The molecule has 1 aliphatic heterocycles. The largest absolute Gasteiger partial charge is 0.497 e. The second-order valence-electron chi connectivity index (χ2n) is 7.07. The number of carbonyl (C=O) groups is 1. The number of methoxy groups -OCH3 is 1. The van der Waals surface area contributed by atoms with Crippen LogP contribution in [0.2, 0.25) is 0 Å². The average molecular weight is 370 g/mol. The molecule has 0 spiro atoms.